The van der Waals surface area contributed by atoms with Crippen LogP contribution in [-0.4, -0.2) is 12.2 Å². The molecule has 4 heteroatoms. The predicted octanol–water partition coefficient (Wildman–Crippen LogP) is -1.17. The third-order valence-electron chi connectivity index (χ3n) is 1.65. The second-order valence-electron chi connectivity index (χ2n) is 2.65. The fourth-order valence-corrected chi connectivity index (χ4v) is 1.13. The molecule has 0 amide bonds. The molecule has 0 saturated heterocycles. The fourth-order valence-electron chi connectivity index (χ4n) is 1.13. The molecular weight excluding hydrogens is 146 g/mol. The molecule has 1 aliphatic rings. The first-order valence-corrected chi connectivity index (χ1v) is 3.76. The third kappa shape index (κ3) is 9.23. The van der Waals surface area contributed by atoms with E-state index in [1.165, 1.54) is 32.1 Å². The van der Waals surface area contributed by atoms with Gasteiger partial charge in [-0.1, -0.05) is 19.3 Å². The minimum Gasteiger partial charge on any atom is -0.652 e. The van der Waals surface area contributed by atoms with E-state index in [1.54, 1.807) is 0 Å². The molecule has 2 N–H and O–H groups in total. The number of hydrogen-bond donors (Lipinski definition) is 1. The van der Waals surface area contributed by atoms with E-state index < -0.39 is 6.16 Å². The van der Waals surface area contributed by atoms with E-state index in [1.807, 2.05) is 0 Å². The summed E-state index contributed by atoms with van der Waals surface area (Å²) in [5.74, 6) is 0. The summed E-state index contributed by atoms with van der Waals surface area (Å²) < 4.78 is 0. The lowest BCUT2D eigenvalue weighted by molar-refractivity contribution is -0.415. The average molecular weight is 159 g/mol. The number of carbonyl (C=O) groups is 1. The van der Waals surface area contributed by atoms with E-state index in [0.29, 0.717) is 6.04 Å². The zero-order chi connectivity index (χ0) is 8.69. The van der Waals surface area contributed by atoms with Crippen molar-refractivity contribution < 1.29 is 15.0 Å². The van der Waals surface area contributed by atoms with Crippen LogP contribution in [0.1, 0.15) is 32.1 Å². The van der Waals surface area contributed by atoms with Crippen molar-refractivity contribution in [1.82, 2.24) is 0 Å². The maximum absolute atomic E-state index is 8.33. The SMILES string of the molecule is NC1CCCCC1.O=C([O-])[O-]. The van der Waals surface area contributed by atoms with Gasteiger partial charge in [0.2, 0.25) is 0 Å². The van der Waals surface area contributed by atoms with Crippen molar-refractivity contribution in [3.63, 3.8) is 0 Å². The zero-order valence-corrected chi connectivity index (χ0v) is 6.41. The Hall–Kier alpha value is -0.770. The lowest BCUT2D eigenvalue weighted by Gasteiger charge is -2.15. The van der Waals surface area contributed by atoms with Gasteiger partial charge in [-0.05, 0) is 19.0 Å². The van der Waals surface area contributed by atoms with E-state index >= 15 is 0 Å². The molecule has 0 aliphatic heterocycles. The molecule has 1 saturated carbocycles. The van der Waals surface area contributed by atoms with Crippen LogP contribution in [-0.2, 0) is 0 Å². The van der Waals surface area contributed by atoms with Gasteiger partial charge in [-0.2, -0.15) is 0 Å². The highest BCUT2D eigenvalue weighted by Gasteiger charge is 2.06. The summed E-state index contributed by atoms with van der Waals surface area (Å²) >= 11 is 0. The Morgan fingerprint density at radius 3 is 1.73 bits per heavy atom. The molecule has 1 fully saturated rings. The van der Waals surface area contributed by atoms with Gasteiger partial charge in [-0.25, -0.2) is 0 Å². The Bertz CT molecular complexity index is 106. The van der Waals surface area contributed by atoms with Crippen LogP contribution in [0.15, 0.2) is 0 Å². The number of hydrogen-bond acceptors (Lipinski definition) is 4. The van der Waals surface area contributed by atoms with Crippen LogP contribution in [0.5, 0.6) is 0 Å². The van der Waals surface area contributed by atoms with Gasteiger partial charge >= 0.3 is 0 Å². The van der Waals surface area contributed by atoms with Gasteiger partial charge in [0.15, 0.2) is 0 Å². The minimum absolute atomic E-state index is 0.536. The van der Waals surface area contributed by atoms with Crippen molar-refractivity contribution in [3.8, 4) is 0 Å². The Labute approximate surface area is 66.0 Å². The second-order valence-corrected chi connectivity index (χ2v) is 2.65. The van der Waals surface area contributed by atoms with E-state index in [0.717, 1.165) is 0 Å². The molecule has 1 rings (SSSR count). The number of carboxylic acid groups (broad SMARTS) is 2. The zero-order valence-electron chi connectivity index (χ0n) is 6.41. The highest BCUT2D eigenvalue weighted by atomic mass is 16.6. The lowest BCUT2D eigenvalue weighted by Crippen LogP contribution is -2.37. The topological polar surface area (TPSA) is 89.2 Å². The molecule has 0 unspecified atom stereocenters. The van der Waals surface area contributed by atoms with Crippen molar-refractivity contribution in [3.05, 3.63) is 0 Å². The van der Waals surface area contributed by atoms with E-state index in [-0.39, 0.29) is 0 Å². The maximum Gasteiger partial charge on any atom is 0.00388 e. The van der Waals surface area contributed by atoms with E-state index in [4.69, 9.17) is 20.7 Å². The molecule has 0 bridgehead atoms. The lowest BCUT2D eigenvalue weighted by atomic mass is 9.97. The van der Waals surface area contributed by atoms with Crippen LogP contribution in [0.2, 0.25) is 0 Å². The highest BCUT2D eigenvalue weighted by molar-refractivity contribution is 5.47. The molecule has 0 aromatic heterocycles. The Balaban J connectivity index is 0.000000218. The van der Waals surface area contributed by atoms with Crippen LogP contribution in [0.4, 0.5) is 4.79 Å². The Morgan fingerprint density at radius 1 is 1.18 bits per heavy atom. The second kappa shape index (κ2) is 5.97. The third-order valence-corrected chi connectivity index (χ3v) is 1.65. The first kappa shape index (κ1) is 10.2. The number of rotatable bonds is 0. The monoisotopic (exact) mass is 159 g/mol. The maximum atomic E-state index is 8.33. The summed E-state index contributed by atoms with van der Waals surface area (Å²) in [5.41, 5.74) is 5.63. The van der Waals surface area contributed by atoms with Gasteiger partial charge in [-0.3, -0.25) is 0 Å². The standard InChI is InChI=1S/C6H13N.CH2O3/c7-6-4-2-1-3-5-6;2-1(3)4/h6H,1-5,7H2;(H2,2,3,4)/p-2. The predicted molar refractivity (Wildman–Crippen MR) is 36.5 cm³/mol. The van der Waals surface area contributed by atoms with Gasteiger partial charge in [0.05, 0.1) is 0 Å². The number of nitrogens with two attached hydrogens (primary N) is 1. The van der Waals surface area contributed by atoms with Gasteiger partial charge < -0.3 is 20.7 Å². The van der Waals surface area contributed by atoms with Gasteiger partial charge in [0, 0.05) is 6.04 Å². The molecule has 4 nitrogen and oxygen atoms in total. The van der Waals surface area contributed by atoms with Crippen LogP contribution in [0.25, 0.3) is 0 Å². The Kier molecular flexibility index (Phi) is 5.56. The molecule has 0 aromatic carbocycles. The molecule has 0 spiro atoms. The molecule has 0 radical (unpaired) electrons. The van der Waals surface area contributed by atoms with Crippen molar-refractivity contribution >= 4 is 6.16 Å². The molecule has 66 valence electrons. The molecule has 0 aromatic rings. The normalized spacial score (nSPS) is 18.3. The molecule has 0 atom stereocenters. The summed E-state index contributed by atoms with van der Waals surface area (Å²) in [5, 5.41) is 16.7. The quantitative estimate of drug-likeness (QED) is 0.482. The average Bonchev–Trinajstić information content (AvgIpc) is 1.87. The van der Waals surface area contributed by atoms with Gasteiger partial charge in [-0.15, -0.1) is 0 Å². The summed E-state index contributed by atoms with van der Waals surface area (Å²) in [6.07, 6.45) is 4.33. The summed E-state index contributed by atoms with van der Waals surface area (Å²) in [6, 6.07) is 0.536. The van der Waals surface area contributed by atoms with E-state index in [9.17, 15) is 0 Å². The first-order chi connectivity index (χ1) is 5.13. The van der Waals surface area contributed by atoms with Crippen molar-refractivity contribution in [1.29, 1.82) is 0 Å². The highest BCUT2D eigenvalue weighted by Crippen LogP contribution is 2.14. The minimum atomic E-state index is -2.33. The molecule has 0 heterocycles. The fraction of sp³-hybridized carbons (Fsp3) is 0.857. The van der Waals surface area contributed by atoms with Crippen molar-refractivity contribution in [2.75, 3.05) is 0 Å². The van der Waals surface area contributed by atoms with E-state index in [2.05, 4.69) is 0 Å². The first-order valence-electron chi connectivity index (χ1n) is 3.76. The summed E-state index contributed by atoms with van der Waals surface area (Å²) in [6.45, 7) is 0. The van der Waals surface area contributed by atoms with Gasteiger partial charge in [0.25, 0.3) is 0 Å². The smallest absolute Gasteiger partial charge is 0.00388 e. The van der Waals surface area contributed by atoms with Crippen molar-refractivity contribution in [2.45, 2.75) is 38.1 Å². The Morgan fingerprint density at radius 2 is 1.55 bits per heavy atom. The van der Waals surface area contributed by atoms with Crippen LogP contribution in [0.3, 0.4) is 0 Å². The molecule has 11 heavy (non-hydrogen) atoms. The molecular formula is C7H13NO3-2. The van der Waals surface area contributed by atoms with Crippen LogP contribution < -0.4 is 15.9 Å². The van der Waals surface area contributed by atoms with Gasteiger partial charge in [0.1, 0.15) is 0 Å². The van der Waals surface area contributed by atoms with Crippen LogP contribution in [0, 0.1) is 0 Å². The van der Waals surface area contributed by atoms with Crippen LogP contribution >= 0.6 is 0 Å². The largest absolute Gasteiger partial charge is 0.652 e. The summed E-state index contributed by atoms with van der Waals surface area (Å²) in [4.78, 5) is 8.33. The van der Waals surface area contributed by atoms with Crippen molar-refractivity contribution in [2.24, 2.45) is 5.73 Å². The summed E-state index contributed by atoms with van der Waals surface area (Å²) in [7, 11) is 0. The number of carbonyl (C=O) groups excluding carboxylic acids is 1. The molecule has 1 aliphatic carbocycles.